The Kier molecular flexibility index (Phi) is 8.52. The summed E-state index contributed by atoms with van der Waals surface area (Å²) in [4.78, 5) is 14.2. The molecule has 1 aliphatic rings. The first-order chi connectivity index (χ1) is 10.6. The van der Waals surface area contributed by atoms with Crippen LogP contribution in [0.1, 0.15) is 25.3 Å². The van der Waals surface area contributed by atoms with Crippen LogP contribution in [0.4, 0.5) is 4.39 Å². The van der Waals surface area contributed by atoms with Crippen molar-refractivity contribution in [3.8, 4) is 0 Å². The number of carbonyl (C=O) groups is 1. The SMILES string of the molecule is CC1CCN(CC(=O)NCCc2ccc(F)cc2)C(CN)C1.Cl. The minimum Gasteiger partial charge on any atom is -0.355 e. The van der Waals surface area contributed by atoms with Crippen molar-refractivity contribution < 1.29 is 9.18 Å². The van der Waals surface area contributed by atoms with Gasteiger partial charge in [-0.2, -0.15) is 0 Å². The first kappa shape index (κ1) is 19.9. The summed E-state index contributed by atoms with van der Waals surface area (Å²) in [6.45, 7) is 4.77. The van der Waals surface area contributed by atoms with Crippen LogP contribution in [0.3, 0.4) is 0 Å². The lowest BCUT2D eigenvalue weighted by Gasteiger charge is -2.37. The molecule has 0 bridgehead atoms. The highest BCUT2D eigenvalue weighted by molar-refractivity contribution is 5.85. The van der Waals surface area contributed by atoms with Gasteiger partial charge in [-0.1, -0.05) is 19.1 Å². The Balaban J connectivity index is 0.00000264. The van der Waals surface area contributed by atoms with Crippen LogP contribution >= 0.6 is 12.4 Å². The average molecular weight is 344 g/mol. The standard InChI is InChI=1S/C17H26FN3O.ClH/c1-13-7-9-21(16(10-13)11-19)12-17(22)20-8-6-14-2-4-15(18)5-3-14;/h2-5,13,16H,6-12,19H2,1H3,(H,20,22);1H. The summed E-state index contributed by atoms with van der Waals surface area (Å²) in [6.07, 6.45) is 2.90. The van der Waals surface area contributed by atoms with Gasteiger partial charge < -0.3 is 11.1 Å². The zero-order valence-corrected chi connectivity index (χ0v) is 14.4. The highest BCUT2D eigenvalue weighted by Crippen LogP contribution is 2.21. The van der Waals surface area contributed by atoms with Crippen molar-refractivity contribution in [3.05, 3.63) is 35.6 Å². The van der Waals surface area contributed by atoms with Crippen LogP contribution in [0.25, 0.3) is 0 Å². The van der Waals surface area contributed by atoms with Gasteiger partial charge in [0.05, 0.1) is 6.54 Å². The molecule has 0 aromatic heterocycles. The van der Waals surface area contributed by atoms with Crippen molar-refractivity contribution >= 4 is 18.3 Å². The van der Waals surface area contributed by atoms with E-state index in [9.17, 15) is 9.18 Å². The third-order valence-corrected chi connectivity index (χ3v) is 4.37. The topological polar surface area (TPSA) is 58.4 Å². The van der Waals surface area contributed by atoms with Crippen molar-refractivity contribution in [2.24, 2.45) is 11.7 Å². The third-order valence-electron chi connectivity index (χ3n) is 4.37. The van der Waals surface area contributed by atoms with Gasteiger partial charge in [-0.25, -0.2) is 4.39 Å². The van der Waals surface area contributed by atoms with E-state index in [-0.39, 0.29) is 24.1 Å². The second kappa shape index (κ2) is 9.85. The van der Waals surface area contributed by atoms with Gasteiger partial charge in [0, 0.05) is 19.1 Å². The molecule has 3 N–H and O–H groups in total. The molecule has 1 saturated heterocycles. The van der Waals surface area contributed by atoms with Gasteiger partial charge in [-0.3, -0.25) is 9.69 Å². The molecular formula is C17H27ClFN3O. The Morgan fingerprint density at radius 2 is 2.09 bits per heavy atom. The maximum Gasteiger partial charge on any atom is 0.234 e. The molecule has 1 amide bonds. The van der Waals surface area contributed by atoms with E-state index in [1.165, 1.54) is 12.1 Å². The fraction of sp³-hybridized carbons (Fsp3) is 0.588. The summed E-state index contributed by atoms with van der Waals surface area (Å²) in [5.74, 6) is 0.487. The number of rotatable bonds is 6. The zero-order chi connectivity index (χ0) is 15.9. The first-order valence-electron chi connectivity index (χ1n) is 8.03. The lowest BCUT2D eigenvalue weighted by atomic mass is 9.92. The molecule has 23 heavy (non-hydrogen) atoms. The van der Waals surface area contributed by atoms with Crippen LogP contribution in [0.15, 0.2) is 24.3 Å². The lowest BCUT2D eigenvalue weighted by molar-refractivity contribution is -0.123. The Labute approximate surface area is 144 Å². The van der Waals surface area contributed by atoms with E-state index in [4.69, 9.17) is 5.73 Å². The zero-order valence-electron chi connectivity index (χ0n) is 13.6. The molecule has 0 spiro atoms. The predicted octanol–water partition coefficient (Wildman–Crippen LogP) is 1.97. The van der Waals surface area contributed by atoms with Gasteiger partial charge in [0.2, 0.25) is 5.91 Å². The molecule has 0 aliphatic carbocycles. The maximum absolute atomic E-state index is 12.8. The maximum atomic E-state index is 12.8. The molecule has 1 aromatic carbocycles. The number of hydrogen-bond donors (Lipinski definition) is 2. The van der Waals surface area contributed by atoms with E-state index in [2.05, 4.69) is 17.1 Å². The molecule has 1 heterocycles. The number of piperidine rings is 1. The number of amides is 1. The van der Waals surface area contributed by atoms with Crippen molar-refractivity contribution in [1.82, 2.24) is 10.2 Å². The van der Waals surface area contributed by atoms with E-state index < -0.39 is 0 Å². The normalized spacial score (nSPS) is 21.5. The fourth-order valence-electron chi connectivity index (χ4n) is 2.99. The quantitative estimate of drug-likeness (QED) is 0.830. The molecule has 1 aromatic rings. The number of nitrogens with one attached hydrogen (secondary N) is 1. The molecule has 6 heteroatoms. The van der Waals surface area contributed by atoms with Gasteiger partial charge in [0.1, 0.15) is 5.82 Å². The lowest BCUT2D eigenvalue weighted by Crippen LogP contribution is -2.50. The molecule has 2 unspecified atom stereocenters. The summed E-state index contributed by atoms with van der Waals surface area (Å²) in [5.41, 5.74) is 6.84. The van der Waals surface area contributed by atoms with Crippen LogP contribution < -0.4 is 11.1 Å². The monoisotopic (exact) mass is 343 g/mol. The summed E-state index contributed by atoms with van der Waals surface area (Å²) < 4.78 is 12.8. The highest BCUT2D eigenvalue weighted by atomic mass is 35.5. The van der Waals surface area contributed by atoms with Crippen molar-refractivity contribution in [2.45, 2.75) is 32.2 Å². The second-order valence-electron chi connectivity index (χ2n) is 6.22. The van der Waals surface area contributed by atoms with Gasteiger partial charge >= 0.3 is 0 Å². The van der Waals surface area contributed by atoms with Crippen molar-refractivity contribution in [1.29, 1.82) is 0 Å². The number of carbonyl (C=O) groups excluding carboxylic acids is 1. The summed E-state index contributed by atoms with van der Waals surface area (Å²) in [6, 6.07) is 6.69. The summed E-state index contributed by atoms with van der Waals surface area (Å²) in [5, 5.41) is 2.93. The van der Waals surface area contributed by atoms with Crippen molar-refractivity contribution in [2.75, 3.05) is 26.2 Å². The van der Waals surface area contributed by atoms with Gasteiger partial charge in [-0.15, -0.1) is 12.4 Å². The number of likely N-dealkylation sites (tertiary alicyclic amines) is 1. The number of hydrogen-bond acceptors (Lipinski definition) is 3. The molecule has 0 saturated carbocycles. The molecule has 2 atom stereocenters. The fourth-order valence-corrected chi connectivity index (χ4v) is 2.99. The molecule has 2 rings (SSSR count). The Hall–Kier alpha value is -1.17. The summed E-state index contributed by atoms with van der Waals surface area (Å²) >= 11 is 0. The Bertz CT molecular complexity index is 483. The molecule has 130 valence electrons. The van der Waals surface area contributed by atoms with Crippen LogP contribution in [-0.4, -0.2) is 43.0 Å². The van der Waals surface area contributed by atoms with Crippen molar-refractivity contribution in [3.63, 3.8) is 0 Å². The minimum atomic E-state index is -0.236. The highest BCUT2D eigenvalue weighted by Gasteiger charge is 2.26. The second-order valence-corrected chi connectivity index (χ2v) is 6.22. The number of benzene rings is 1. The van der Waals surface area contributed by atoms with E-state index in [1.54, 1.807) is 12.1 Å². The average Bonchev–Trinajstić information content (AvgIpc) is 2.51. The number of halogens is 2. The van der Waals surface area contributed by atoms with Crippen LogP contribution in [0.2, 0.25) is 0 Å². The number of nitrogens with two attached hydrogens (primary N) is 1. The van der Waals surface area contributed by atoms with Gasteiger partial charge in [0.25, 0.3) is 0 Å². The van der Waals surface area contributed by atoms with Gasteiger partial charge in [0.15, 0.2) is 0 Å². The smallest absolute Gasteiger partial charge is 0.234 e. The van der Waals surface area contributed by atoms with E-state index >= 15 is 0 Å². The van der Waals surface area contributed by atoms with Crippen LogP contribution in [0.5, 0.6) is 0 Å². The molecule has 4 nitrogen and oxygen atoms in total. The van der Waals surface area contributed by atoms with E-state index in [0.717, 1.165) is 24.9 Å². The van der Waals surface area contributed by atoms with Crippen LogP contribution in [0, 0.1) is 11.7 Å². The molecule has 1 fully saturated rings. The number of nitrogens with zero attached hydrogens (tertiary/aromatic N) is 1. The summed E-state index contributed by atoms with van der Waals surface area (Å²) in [7, 11) is 0. The van der Waals surface area contributed by atoms with Crippen LogP contribution in [-0.2, 0) is 11.2 Å². The molecule has 0 radical (unpaired) electrons. The first-order valence-corrected chi connectivity index (χ1v) is 8.03. The van der Waals surface area contributed by atoms with E-state index in [0.29, 0.717) is 38.0 Å². The molecular weight excluding hydrogens is 317 g/mol. The predicted molar refractivity (Wildman–Crippen MR) is 93.2 cm³/mol. The van der Waals surface area contributed by atoms with E-state index in [1.807, 2.05) is 0 Å². The third kappa shape index (κ3) is 6.45. The largest absolute Gasteiger partial charge is 0.355 e. The Morgan fingerprint density at radius 3 is 2.74 bits per heavy atom. The van der Waals surface area contributed by atoms with Gasteiger partial charge in [-0.05, 0) is 49.4 Å². The molecule has 1 aliphatic heterocycles. The Morgan fingerprint density at radius 1 is 1.39 bits per heavy atom. The minimum absolute atomic E-state index is 0.